The molecule has 2 fully saturated rings. The Bertz CT molecular complexity index is 539. The van der Waals surface area contributed by atoms with Crippen molar-refractivity contribution in [1.82, 2.24) is 10.6 Å². The molecule has 166 valence electrons. The van der Waals surface area contributed by atoms with Crippen LogP contribution in [0.3, 0.4) is 0 Å². The molecule has 2 aliphatic rings. The van der Waals surface area contributed by atoms with Crippen LogP contribution in [0.5, 0.6) is 0 Å². The first-order chi connectivity index (χ1) is 14.0. The van der Waals surface area contributed by atoms with Gasteiger partial charge in [0.2, 0.25) is 11.8 Å². The van der Waals surface area contributed by atoms with Gasteiger partial charge in [-0.25, -0.2) is 0 Å². The molecule has 0 aromatic heterocycles. The van der Waals surface area contributed by atoms with Gasteiger partial charge in [-0.15, -0.1) is 0 Å². The quantitative estimate of drug-likeness (QED) is 0.198. The smallest absolute Gasteiger partial charge is 0.229 e. The highest BCUT2D eigenvalue weighted by molar-refractivity contribution is 5.96. The van der Waals surface area contributed by atoms with Crippen molar-refractivity contribution in [1.29, 1.82) is 0 Å². The molecule has 0 aromatic carbocycles. The minimum Gasteiger partial charge on any atom is -0.394 e. The average Bonchev–Trinajstić information content (AvgIpc) is 3.31. The van der Waals surface area contributed by atoms with Gasteiger partial charge in [-0.2, -0.15) is 0 Å². The van der Waals surface area contributed by atoms with Gasteiger partial charge in [0.05, 0.1) is 24.9 Å². The number of aliphatic hydroxyl groups excluding tert-OH is 2. The first-order valence-corrected chi connectivity index (χ1v) is 11.2. The van der Waals surface area contributed by atoms with Crippen molar-refractivity contribution in [2.75, 3.05) is 19.7 Å². The standard InChI is InChI=1S/C22H38N2O5/c1-2-3-7-12-23-21(27)13-22(28)24-14-18-17(19-10-11-20(18)29-19)9-6-4-5-8-16(26)15-25/h4,6,16-20,25-26H,2-3,5,7-15H2,1H3,(H,23,27)(H,24,28)/b6-4-/t16-,17?,18-,19+,20-/m1/s1. The van der Waals surface area contributed by atoms with Crippen LogP contribution in [0.1, 0.15) is 64.7 Å². The summed E-state index contributed by atoms with van der Waals surface area (Å²) in [5, 5.41) is 24.0. The fraction of sp³-hybridized carbons (Fsp3) is 0.818. The molecule has 2 amide bonds. The lowest BCUT2D eigenvalue weighted by Gasteiger charge is -2.27. The summed E-state index contributed by atoms with van der Waals surface area (Å²) in [4.78, 5) is 24.0. The van der Waals surface area contributed by atoms with E-state index in [4.69, 9.17) is 9.84 Å². The summed E-state index contributed by atoms with van der Waals surface area (Å²) in [6, 6.07) is 0. The first kappa shape index (κ1) is 23.8. The molecular weight excluding hydrogens is 372 g/mol. The molecule has 2 aliphatic heterocycles. The van der Waals surface area contributed by atoms with Crippen molar-refractivity contribution in [3.05, 3.63) is 12.2 Å². The van der Waals surface area contributed by atoms with Crippen LogP contribution in [0.2, 0.25) is 0 Å². The molecule has 7 heteroatoms. The van der Waals surface area contributed by atoms with Crippen molar-refractivity contribution < 1.29 is 24.5 Å². The zero-order chi connectivity index (χ0) is 21.1. The second kappa shape index (κ2) is 13.0. The van der Waals surface area contributed by atoms with E-state index in [1.807, 2.05) is 6.08 Å². The Balaban J connectivity index is 1.70. The van der Waals surface area contributed by atoms with Crippen LogP contribution in [-0.4, -0.2) is 60.0 Å². The lowest BCUT2D eigenvalue weighted by Crippen LogP contribution is -2.39. The predicted octanol–water partition coefficient (Wildman–Crippen LogP) is 1.67. The molecule has 7 nitrogen and oxygen atoms in total. The zero-order valence-corrected chi connectivity index (χ0v) is 17.6. The van der Waals surface area contributed by atoms with Gasteiger partial charge in [-0.3, -0.25) is 9.59 Å². The van der Waals surface area contributed by atoms with Crippen molar-refractivity contribution in [2.45, 2.75) is 83.0 Å². The number of unbranched alkanes of at least 4 members (excludes halogenated alkanes) is 2. The highest BCUT2D eigenvalue weighted by Crippen LogP contribution is 2.44. The Morgan fingerprint density at radius 2 is 1.83 bits per heavy atom. The minimum absolute atomic E-state index is 0.119. The number of amides is 2. The molecule has 0 spiro atoms. The van der Waals surface area contributed by atoms with Gasteiger partial charge in [0, 0.05) is 19.0 Å². The molecule has 0 aromatic rings. The van der Waals surface area contributed by atoms with Crippen LogP contribution >= 0.6 is 0 Å². The molecule has 2 bridgehead atoms. The summed E-state index contributed by atoms with van der Waals surface area (Å²) in [7, 11) is 0. The van der Waals surface area contributed by atoms with Gasteiger partial charge in [0.25, 0.3) is 0 Å². The average molecular weight is 411 g/mol. The summed E-state index contributed by atoms with van der Waals surface area (Å²) < 4.78 is 6.06. The van der Waals surface area contributed by atoms with E-state index < -0.39 is 6.10 Å². The van der Waals surface area contributed by atoms with Gasteiger partial charge < -0.3 is 25.6 Å². The van der Waals surface area contributed by atoms with E-state index in [-0.39, 0.29) is 43.0 Å². The minimum atomic E-state index is -0.655. The number of ether oxygens (including phenoxy) is 1. The van der Waals surface area contributed by atoms with Crippen LogP contribution in [0, 0.1) is 11.8 Å². The maximum absolute atomic E-state index is 12.1. The second-order valence-corrected chi connectivity index (χ2v) is 8.28. The van der Waals surface area contributed by atoms with Crippen LogP contribution in [-0.2, 0) is 14.3 Å². The third-order valence-electron chi connectivity index (χ3n) is 6.00. The van der Waals surface area contributed by atoms with Crippen LogP contribution in [0.15, 0.2) is 12.2 Å². The number of carbonyl (C=O) groups excluding carboxylic acids is 2. The Morgan fingerprint density at radius 3 is 2.55 bits per heavy atom. The van der Waals surface area contributed by atoms with Gasteiger partial charge >= 0.3 is 0 Å². The number of hydrogen-bond acceptors (Lipinski definition) is 5. The molecule has 2 rings (SSSR count). The molecular formula is C22H38N2O5. The van der Waals surface area contributed by atoms with Crippen LogP contribution < -0.4 is 10.6 Å². The third-order valence-corrected chi connectivity index (χ3v) is 6.00. The summed E-state index contributed by atoms with van der Waals surface area (Å²) in [6.45, 7) is 3.08. The molecule has 0 radical (unpaired) electrons. The summed E-state index contributed by atoms with van der Waals surface area (Å²) in [5.74, 6) is 0.203. The molecule has 4 N–H and O–H groups in total. The lowest BCUT2D eigenvalue weighted by atomic mass is 9.77. The SMILES string of the molecule is CCCCCNC(=O)CC(=O)NC[C@@H]1C(C/C=C\CC[C@@H](O)CO)[C@@H]2CC[C@H]1O2. The molecule has 0 saturated carbocycles. The normalized spacial score (nSPS) is 26.7. The number of rotatable bonds is 14. The van der Waals surface area contributed by atoms with E-state index >= 15 is 0 Å². The van der Waals surface area contributed by atoms with Crippen molar-refractivity contribution in [3.8, 4) is 0 Å². The molecule has 2 heterocycles. The van der Waals surface area contributed by atoms with E-state index in [1.165, 1.54) is 0 Å². The molecule has 2 saturated heterocycles. The topological polar surface area (TPSA) is 108 Å². The van der Waals surface area contributed by atoms with Gasteiger partial charge in [0.15, 0.2) is 0 Å². The summed E-state index contributed by atoms with van der Waals surface area (Å²) in [6.07, 6.45) is 11.2. The third kappa shape index (κ3) is 8.07. The van der Waals surface area contributed by atoms with Gasteiger partial charge in [0.1, 0.15) is 6.42 Å². The highest BCUT2D eigenvalue weighted by Gasteiger charge is 2.47. The number of nitrogens with one attached hydrogen (secondary N) is 2. The number of carbonyl (C=O) groups is 2. The van der Waals surface area contributed by atoms with E-state index in [2.05, 4.69) is 23.6 Å². The molecule has 0 aliphatic carbocycles. The fourth-order valence-electron chi connectivity index (χ4n) is 4.34. The highest BCUT2D eigenvalue weighted by atomic mass is 16.5. The van der Waals surface area contributed by atoms with E-state index in [1.54, 1.807) is 0 Å². The number of hydrogen-bond donors (Lipinski definition) is 4. The largest absolute Gasteiger partial charge is 0.394 e. The number of allylic oxidation sites excluding steroid dienone is 2. The van der Waals surface area contributed by atoms with Crippen molar-refractivity contribution in [3.63, 3.8) is 0 Å². The first-order valence-electron chi connectivity index (χ1n) is 11.2. The Hall–Kier alpha value is -1.44. The number of aliphatic hydroxyl groups is 2. The van der Waals surface area contributed by atoms with E-state index in [9.17, 15) is 14.7 Å². The zero-order valence-electron chi connectivity index (χ0n) is 17.6. The van der Waals surface area contributed by atoms with Crippen molar-refractivity contribution in [2.24, 2.45) is 11.8 Å². The Labute approximate surface area is 174 Å². The van der Waals surface area contributed by atoms with Gasteiger partial charge in [-0.1, -0.05) is 31.9 Å². The van der Waals surface area contributed by atoms with Crippen LogP contribution in [0.4, 0.5) is 0 Å². The molecule has 29 heavy (non-hydrogen) atoms. The maximum Gasteiger partial charge on any atom is 0.229 e. The summed E-state index contributed by atoms with van der Waals surface area (Å²) in [5.41, 5.74) is 0. The van der Waals surface area contributed by atoms with Gasteiger partial charge in [-0.05, 0) is 44.4 Å². The second-order valence-electron chi connectivity index (χ2n) is 8.28. The van der Waals surface area contributed by atoms with Crippen molar-refractivity contribution >= 4 is 11.8 Å². The lowest BCUT2D eigenvalue weighted by molar-refractivity contribution is -0.129. The predicted molar refractivity (Wildman–Crippen MR) is 111 cm³/mol. The molecule has 5 atom stereocenters. The number of fused-ring (bicyclic) bond motifs is 2. The van der Waals surface area contributed by atoms with Crippen LogP contribution in [0.25, 0.3) is 0 Å². The Kier molecular flexibility index (Phi) is 10.7. The monoisotopic (exact) mass is 410 g/mol. The van der Waals surface area contributed by atoms with E-state index in [0.717, 1.165) is 44.9 Å². The fourth-order valence-corrected chi connectivity index (χ4v) is 4.34. The summed E-state index contributed by atoms with van der Waals surface area (Å²) >= 11 is 0. The van der Waals surface area contributed by atoms with E-state index in [0.29, 0.717) is 25.4 Å². The maximum atomic E-state index is 12.1. The Morgan fingerprint density at radius 1 is 1.10 bits per heavy atom. The molecule has 1 unspecified atom stereocenters.